The number of hydrogen-bond acceptors (Lipinski definition) is 5. The molecule has 8 heteroatoms. The van der Waals surface area contributed by atoms with Gasteiger partial charge in [0.05, 0.1) is 11.9 Å². The molecule has 0 bridgehead atoms. The van der Waals surface area contributed by atoms with Gasteiger partial charge in [0.2, 0.25) is 10.0 Å². The highest BCUT2D eigenvalue weighted by Crippen LogP contribution is 2.20. The molecule has 1 aliphatic heterocycles. The van der Waals surface area contributed by atoms with E-state index in [1.807, 2.05) is 4.90 Å². The molecule has 0 aliphatic carbocycles. The highest BCUT2D eigenvalue weighted by Gasteiger charge is 2.35. The predicted octanol–water partition coefficient (Wildman–Crippen LogP) is 0.389. The van der Waals surface area contributed by atoms with Gasteiger partial charge in [0, 0.05) is 39.6 Å². The lowest BCUT2D eigenvalue weighted by molar-refractivity contribution is 0.145. The largest absolute Gasteiger partial charge is 0.492 e. The molecule has 0 aromatic heterocycles. The van der Waals surface area contributed by atoms with Gasteiger partial charge in [-0.15, -0.1) is 0 Å². The number of aliphatic hydroxyl groups is 1. The fourth-order valence-corrected chi connectivity index (χ4v) is 3.70. The van der Waals surface area contributed by atoms with E-state index in [9.17, 15) is 17.9 Å². The Balaban J connectivity index is 1.79. The number of ether oxygens (including phenoxy) is 1. The molecule has 130 valence electrons. The van der Waals surface area contributed by atoms with E-state index in [2.05, 4.69) is 0 Å². The summed E-state index contributed by atoms with van der Waals surface area (Å²) >= 11 is 0. The van der Waals surface area contributed by atoms with E-state index in [4.69, 9.17) is 4.74 Å². The van der Waals surface area contributed by atoms with Crippen molar-refractivity contribution in [1.29, 1.82) is 0 Å². The smallest absolute Gasteiger partial charge is 0.214 e. The summed E-state index contributed by atoms with van der Waals surface area (Å²) < 4.78 is 43.3. The maximum Gasteiger partial charge on any atom is 0.214 e. The minimum atomic E-state index is -3.33. The van der Waals surface area contributed by atoms with Crippen molar-refractivity contribution in [2.75, 3.05) is 46.1 Å². The Hall–Kier alpha value is -1.22. The third-order valence-electron chi connectivity index (χ3n) is 3.95. The van der Waals surface area contributed by atoms with Crippen molar-refractivity contribution in [3.8, 4) is 5.75 Å². The van der Waals surface area contributed by atoms with Gasteiger partial charge in [-0.1, -0.05) is 0 Å². The number of hydrogen-bond donors (Lipinski definition) is 1. The number of β-amino-alcohol motifs (C(OH)–C–C–N with tert-alkyl or cyclic N) is 1. The van der Waals surface area contributed by atoms with Crippen molar-refractivity contribution >= 4 is 10.0 Å². The Kier molecular flexibility index (Phi) is 5.96. The fourth-order valence-electron chi connectivity index (χ4n) is 2.53. The third kappa shape index (κ3) is 5.13. The van der Waals surface area contributed by atoms with Crippen LogP contribution in [-0.4, -0.2) is 74.9 Å². The predicted molar refractivity (Wildman–Crippen MR) is 85.3 cm³/mol. The molecule has 23 heavy (non-hydrogen) atoms. The van der Waals surface area contributed by atoms with Crippen LogP contribution in [0.15, 0.2) is 24.3 Å². The number of benzene rings is 1. The fraction of sp³-hybridized carbons (Fsp3) is 0.600. The van der Waals surface area contributed by atoms with Crippen LogP contribution in [0.3, 0.4) is 0 Å². The standard InChI is InChI=1S/C15H23FN2O4S/c1-17(2)23(20,21)11-12-9-18(10-15(12)19)7-8-22-14-5-3-13(16)4-6-14/h3-6,12,15,19H,7-11H2,1-2H3/t12-,15-/m0/s1. The topological polar surface area (TPSA) is 70.1 Å². The Bertz CT molecular complexity index is 606. The summed E-state index contributed by atoms with van der Waals surface area (Å²) in [5.41, 5.74) is 0. The normalized spacial score (nSPS) is 22.7. The van der Waals surface area contributed by atoms with Crippen LogP contribution in [0.4, 0.5) is 4.39 Å². The first-order chi connectivity index (χ1) is 10.8. The summed E-state index contributed by atoms with van der Waals surface area (Å²) in [5.74, 6) is -0.0905. The number of nitrogens with zero attached hydrogens (tertiary/aromatic N) is 2. The quantitative estimate of drug-likeness (QED) is 0.773. The molecule has 1 aliphatic rings. The van der Waals surface area contributed by atoms with Crippen molar-refractivity contribution in [1.82, 2.24) is 9.21 Å². The molecule has 0 unspecified atom stereocenters. The van der Waals surface area contributed by atoms with Gasteiger partial charge < -0.3 is 9.84 Å². The molecular weight excluding hydrogens is 323 g/mol. The van der Waals surface area contributed by atoms with Crippen molar-refractivity contribution < 1.29 is 22.7 Å². The maximum absolute atomic E-state index is 12.8. The third-order valence-corrected chi connectivity index (χ3v) is 5.92. The zero-order valence-electron chi connectivity index (χ0n) is 13.4. The number of rotatable bonds is 7. The van der Waals surface area contributed by atoms with Crippen LogP contribution in [-0.2, 0) is 10.0 Å². The lowest BCUT2D eigenvalue weighted by Crippen LogP contribution is -2.33. The van der Waals surface area contributed by atoms with Gasteiger partial charge in [0.25, 0.3) is 0 Å². The Morgan fingerprint density at radius 1 is 1.30 bits per heavy atom. The van der Waals surface area contributed by atoms with Gasteiger partial charge >= 0.3 is 0 Å². The first kappa shape index (κ1) is 18.1. The van der Waals surface area contributed by atoms with Gasteiger partial charge in [-0.2, -0.15) is 0 Å². The van der Waals surface area contributed by atoms with E-state index < -0.39 is 16.1 Å². The van der Waals surface area contributed by atoms with E-state index in [-0.39, 0.29) is 17.5 Å². The SMILES string of the molecule is CN(C)S(=O)(=O)C[C@@H]1CN(CCOc2ccc(F)cc2)C[C@@H]1O. The van der Waals surface area contributed by atoms with Crippen molar-refractivity contribution in [2.45, 2.75) is 6.10 Å². The van der Waals surface area contributed by atoms with Gasteiger partial charge in [0.1, 0.15) is 18.2 Å². The Morgan fingerprint density at radius 3 is 2.57 bits per heavy atom. The second-order valence-corrected chi connectivity index (χ2v) is 8.18. The second kappa shape index (κ2) is 7.57. The number of halogens is 1. The zero-order chi connectivity index (χ0) is 17.0. The van der Waals surface area contributed by atoms with Crippen molar-refractivity contribution in [2.24, 2.45) is 5.92 Å². The Labute approximate surface area is 136 Å². The molecule has 1 aromatic rings. The molecule has 1 saturated heterocycles. The molecule has 1 aromatic carbocycles. The second-order valence-electron chi connectivity index (χ2n) is 5.95. The van der Waals surface area contributed by atoms with Gasteiger partial charge in [-0.3, -0.25) is 4.90 Å². The first-order valence-electron chi connectivity index (χ1n) is 7.47. The minimum absolute atomic E-state index is 0.0590. The highest BCUT2D eigenvalue weighted by atomic mass is 32.2. The molecule has 2 atom stereocenters. The van der Waals surface area contributed by atoms with Gasteiger partial charge in [-0.25, -0.2) is 17.1 Å². The van der Waals surface area contributed by atoms with Crippen LogP contribution >= 0.6 is 0 Å². The number of sulfonamides is 1. The van der Waals surface area contributed by atoms with E-state index in [1.54, 1.807) is 12.1 Å². The maximum atomic E-state index is 12.8. The van der Waals surface area contributed by atoms with E-state index in [0.29, 0.717) is 32.0 Å². The van der Waals surface area contributed by atoms with Crippen LogP contribution in [0.2, 0.25) is 0 Å². The zero-order valence-corrected chi connectivity index (χ0v) is 14.2. The molecule has 2 rings (SSSR count). The lowest BCUT2D eigenvalue weighted by Gasteiger charge is -2.18. The van der Waals surface area contributed by atoms with E-state index in [0.717, 1.165) is 0 Å². The van der Waals surface area contributed by atoms with Gasteiger partial charge in [0.15, 0.2) is 0 Å². The molecule has 0 radical (unpaired) electrons. The van der Waals surface area contributed by atoms with Crippen LogP contribution in [0.1, 0.15) is 0 Å². The molecule has 1 fully saturated rings. The van der Waals surface area contributed by atoms with Crippen molar-refractivity contribution in [3.05, 3.63) is 30.1 Å². The summed E-state index contributed by atoms with van der Waals surface area (Å²) in [7, 11) is -0.344. The summed E-state index contributed by atoms with van der Waals surface area (Å²) in [5, 5.41) is 10.0. The summed E-state index contributed by atoms with van der Waals surface area (Å²) in [6.45, 7) is 1.92. The van der Waals surface area contributed by atoms with Crippen LogP contribution in [0.25, 0.3) is 0 Å². The number of likely N-dealkylation sites (tertiary alicyclic amines) is 1. The molecule has 1 N–H and O–H groups in total. The molecule has 0 saturated carbocycles. The summed E-state index contributed by atoms with van der Waals surface area (Å²) in [6, 6.07) is 5.77. The van der Waals surface area contributed by atoms with Gasteiger partial charge in [-0.05, 0) is 24.3 Å². The van der Waals surface area contributed by atoms with E-state index in [1.165, 1.54) is 30.5 Å². The van der Waals surface area contributed by atoms with E-state index >= 15 is 0 Å². The molecule has 0 spiro atoms. The number of aliphatic hydroxyl groups excluding tert-OH is 1. The molecule has 6 nitrogen and oxygen atoms in total. The monoisotopic (exact) mass is 346 g/mol. The molecular formula is C15H23FN2O4S. The summed E-state index contributed by atoms with van der Waals surface area (Å²) in [4.78, 5) is 1.98. The molecule has 0 amide bonds. The Morgan fingerprint density at radius 2 is 1.96 bits per heavy atom. The minimum Gasteiger partial charge on any atom is -0.492 e. The van der Waals surface area contributed by atoms with Crippen molar-refractivity contribution in [3.63, 3.8) is 0 Å². The average molecular weight is 346 g/mol. The van der Waals surface area contributed by atoms with Crippen LogP contribution in [0.5, 0.6) is 5.75 Å². The average Bonchev–Trinajstić information content (AvgIpc) is 2.80. The van der Waals surface area contributed by atoms with Crippen LogP contribution < -0.4 is 4.74 Å². The molecule has 1 heterocycles. The lowest BCUT2D eigenvalue weighted by atomic mass is 10.1. The first-order valence-corrected chi connectivity index (χ1v) is 9.08. The summed E-state index contributed by atoms with van der Waals surface area (Å²) in [6.07, 6.45) is -0.657. The highest BCUT2D eigenvalue weighted by molar-refractivity contribution is 7.89. The van der Waals surface area contributed by atoms with Crippen LogP contribution in [0, 0.1) is 11.7 Å².